The SMILES string of the molecule is COc1cnc2c(N)ncnc2n1. The van der Waals surface area contributed by atoms with Crippen molar-refractivity contribution in [3.05, 3.63) is 12.5 Å². The predicted octanol–water partition coefficient (Wildman–Crippen LogP) is 0.0106. The molecule has 0 bridgehead atoms. The quantitative estimate of drug-likeness (QED) is 0.660. The second-order valence-corrected chi connectivity index (χ2v) is 2.34. The van der Waals surface area contributed by atoms with E-state index in [1.165, 1.54) is 19.6 Å². The van der Waals surface area contributed by atoms with Gasteiger partial charge in [-0.3, -0.25) is 0 Å². The molecule has 0 radical (unpaired) electrons. The zero-order chi connectivity index (χ0) is 9.26. The summed E-state index contributed by atoms with van der Waals surface area (Å²) in [5.74, 6) is 0.728. The van der Waals surface area contributed by atoms with Crippen LogP contribution in [0.25, 0.3) is 11.2 Å². The first-order chi connectivity index (χ1) is 6.31. The minimum atomic E-state index is 0.320. The van der Waals surface area contributed by atoms with Gasteiger partial charge < -0.3 is 10.5 Å². The zero-order valence-electron chi connectivity index (χ0n) is 6.93. The fourth-order valence-corrected chi connectivity index (χ4v) is 0.940. The van der Waals surface area contributed by atoms with Gasteiger partial charge in [-0.1, -0.05) is 0 Å². The molecule has 0 aromatic carbocycles. The topological polar surface area (TPSA) is 86.8 Å². The van der Waals surface area contributed by atoms with Gasteiger partial charge in [0.15, 0.2) is 17.0 Å². The average molecular weight is 177 g/mol. The molecule has 2 heterocycles. The van der Waals surface area contributed by atoms with E-state index in [2.05, 4.69) is 19.9 Å². The van der Waals surface area contributed by atoms with Gasteiger partial charge in [-0.2, -0.15) is 4.98 Å². The fourth-order valence-electron chi connectivity index (χ4n) is 0.940. The minimum Gasteiger partial charge on any atom is -0.480 e. The lowest BCUT2D eigenvalue weighted by Gasteiger charge is -2.00. The molecule has 0 unspecified atom stereocenters. The monoisotopic (exact) mass is 177 g/mol. The summed E-state index contributed by atoms with van der Waals surface area (Å²) in [7, 11) is 1.51. The number of fused-ring (bicyclic) bond motifs is 1. The molecule has 0 spiro atoms. The molecule has 13 heavy (non-hydrogen) atoms. The number of nitrogen functional groups attached to an aromatic ring is 1. The highest BCUT2D eigenvalue weighted by atomic mass is 16.5. The van der Waals surface area contributed by atoms with E-state index in [1.807, 2.05) is 0 Å². The Labute approximate surface area is 73.8 Å². The maximum atomic E-state index is 5.55. The first-order valence-electron chi connectivity index (χ1n) is 3.58. The Hall–Kier alpha value is -1.98. The molecule has 0 aliphatic rings. The van der Waals surface area contributed by atoms with Gasteiger partial charge in [0.2, 0.25) is 5.88 Å². The normalized spacial score (nSPS) is 10.2. The number of hydrogen-bond acceptors (Lipinski definition) is 6. The third-order valence-corrected chi connectivity index (χ3v) is 1.56. The van der Waals surface area contributed by atoms with Gasteiger partial charge in [-0.25, -0.2) is 15.0 Å². The molecule has 2 aromatic heterocycles. The first-order valence-corrected chi connectivity index (χ1v) is 3.58. The molecule has 2 N–H and O–H groups in total. The first kappa shape index (κ1) is 7.66. The highest BCUT2D eigenvalue weighted by Crippen LogP contribution is 2.13. The van der Waals surface area contributed by atoms with Gasteiger partial charge in [0, 0.05) is 0 Å². The van der Waals surface area contributed by atoms with Gasteiger partial charge in [-0.15, -0.1) is 0 Å². The highest BCUT2D eigenvalue weighted by molar-refractivity contribution is 5.80. The van der Waals surface area contributed by atoms with Crippen LogP contribution in [0.1, 0.15) is 0 Å². The van der Waals surface area contributed by atoms with E-state index in [-0.39, 0.29) is 0 Å². The number of aromatic nitrogens is 4. The van der Waals surface area contributed by atoms with Gasteiger partial charge in [0.25, 0.3) is 0 Å². The smallest absolute Gasteiger partial charge is 0.234 e. The zero-order valence-corrected chi connectivity index (χ0v) is 6.93. The highest BCUT2D eigenvalue weighted by Gasteiger charge is 2.03. The van der Waals surface area contributed by atoms with Crippen molar-refractivity contribution in [2.75, 3.05) is 12.8 Å². The van der Waals surface area contributed by atoms with Crippen molar-refractivity contribution in [3.8, 4) is 5.88 Å². The summed E-state index contributed by atoms with van der Waals surface area (Å²) in [5.41, 5.74) is 6.48. The van der Waals surface area contributed by atoms with Crippen LogP contribution in [0.5, 0.6) is 5.88 Å². The van der Waals surface area contributed by atoms with Crippen molar-refractivity contribution >= 4 is 17.0 Å². The standard InChI is InChI=1S/C7H7N5O/c1-13-4-2-9-5-6(8)10-3-11-7(5)12-4/h2-3H,1H3,(H2,8,10,11,12). The van der Waals surface area contributed by atoms with Gasteiger partial charge in [0.05, 0.1) is 13.3 Å². The Bertz CT molecular complexity index is 444. The van der Waals surface area contributed by atoms with Gasteiger partial charge in [0.1, 0.15) is 6.33 Å². The van der Waals surface area contributed by atoms with Crippen LogP contribution in [0, 0.1) is 0 Å². The lowest BCUT2D eigenvalue weighted by Crippen LogP contribution is -1.98. The molecular weight excluding hydrogens is 170 g/mol. The molecule has 0 fully saturated rings. The van der Waals surface area contributed by atoms with Crippen LogP contribution in [0.2, 0.25) is 0 Å². The summed E-state index contributed by atoms with van der Waals surface area (Å²) in [6.07, 6.45) is 2.81. The summed E-state index contributed by atoms with van der Waals surface area (Å²) >= 11 is 0. The van der Waals surface area contributed by atoms with Crippen LogP contribution in [0.4, 0.5) is 5.82 Å². The second-order valence-electron chi connectivity index (χ2n) is 2.34. The Kier molecular flexibility index (Phi) is 1.66. The van der Waals surface area contributed by atoms with Crippen LogP contribution in [0.3, 0.4) is 0 Å². The molecule has 0 aliphatic heterocycles. The van der Waals surface area contributed by atoms with Crippen molar-refractivity contribution in [2.24, 2.45) is 0 Å². The lowest BCUT2D eigenvalue weighted by molar-refractivity contribution is 0.397. The predicted molar refractivity (Wildman–Crippen MR) is 46.1 cm³/mol. The van der Waals surface area contributed by atoms with Crippen molar-refractivity contribution in [3.63, 3.8) is 0 Å². The van der Waals surface area contributed by atoms with Gasteiger partial charge in [-0.05, 0) is 0 Å². The summed E-state index contributed by atoms with van der Waals surface area (Å²) in [6, 6.07) is 0. The van der Waals surface area contributed by atoms with E-state index >= 15 is 0 Å². The lowest BCUT2D eigenvalue weighted by atomic mass is 10.5. The molecule has 0 saturated heterocycles. The summed E-state index contributed by atoms with van der Waals surface area (Å²) in [5, 5.41) is 0. The number of rotatable bonds is 1. The van der Waals surface area contributed by atoms with E-state index < -0.39 is 0 Å². The Morgan fingerprint density at radius 3 is 2.92 bits per heavy atom. The molecular formula is C7H7N5O. The third kappa shape index (κ3) is 1.22. The molecule has 2 rings (SSSR count). The number of nitrogens with two attached hydrogens (primary N) is 1. The van der Waals surface area contributed by atoms with E-state index in [9.17, 15) is 0 Å². The fraction of sp³-hybridized carbons (Fsp3) is 0.143. The largest absolute Gasteiger partial charge is 0.480 e. The summed E-state index contributed by atoms with van der Waals surface area (Å²) < 4.78 is 4.89. The molecule has 66 valence electrons. The Balaban J connectivity index is 2.72. The van der Waals surface area contributed by atoms with Crippen molar-refractivity contribution in [2.45, 2.75) is 0 Å². The minimum absolute atomic E-state index is 0.320. The molecule has 6 nitrogen and oxygen atoms in total. The molecule has 0 aliphatic carbocycles. The average Bonchev–Trinajstić information content (AvgIpc) is 2.18. The number of methoxy groups -OCH3 is 1. The Morgan fingerprint density at radius 1 is 1.31 bits per heavy atom. The van der Waals surface area contributed by atoms with Crippen LogP contribution in [-0.4, -0.2) is 27.0 Å². The third-order valence-electron chi connectivity index (χ3n) is 1.56. The maximum absolute atomic E-state index is 5.55. The molecule has 2 aromatic rings. The summed E-state index contributed by atoms with van der Waals surface area (Å²) in [4.78, 5) is 15.7. The van der Waals surface area contributed by atoms with Crippen LogP contribution in [0.15, 0.2) is 12.5 Å². The maximum Gasteiger partial charge on any atom is 0.234 e. The Morgan fingerprint density at radius 2 is 2.15 bits per heavy atom. The van der Waals surface area contributed by atoms with E-state index in [0.717, 1.165) is 0 Å². The second kappa shape index (κ2) is 2.81. The van der Waals surface area contributed by atoms with Crippen molar-refractivity contribution in [1.29, 1.82) is 0 Å². The van der Waals surface area contributed by atoms with E-state index in [4.69, 9.17) is 10.5 Å². The van der Waals surface area contributed by atoms with Crippen molar-refractivity contribution < 1.29 is 4.74 Å². The number of anilines is 1. The van der Waals surface area contributed by atoms with E-state index in [1.54, 1.807) is 0 Å². The molecule has 0 amide bonds. The number of hydrogen-bond donors (Lipinski definition) is 1. The van der Waals surface area contributed by atoms with Crippen LogP contribution < -0.4 is 10.5 Å². The van der Waals surface area contributed by atoms with E-state index in [0.29, 0.717) is 22.9 Å². The molecule has 0 atom stereocenters. The molecule has 0 saturated carbocycles. The van der Waals surface area contributed by atoms with Crippen molar-refractivity contribution in [1.82, 2.24) is 19.9 Å². The molecule has 6 heteroatoms. The summed E-state index contributed by atoms with van der Waals surface area (Å²) in [6.45, 7) is 0. The van der Waals surface area contributed by atoms with Crippen LogP contribution in [-0.2, 0) is 0 Å². The van der Waals surface area contributed by atoms with Gasteiger partial charge >= 0.3 is 0 Å². The van der Waals surface area contributed by atoms with Crippen LogP contribution >= 0.6 is 0 Å². The number of nitrogens with zero attached hydrogens (tertiary/aromatic N) is 4. The number of ether oxygens (including phenoxy) is 1.